The Morgan fingerprint density at radius 1 is 0.774 bits per heavy atom. The summed E-state index contributed by atoms with van der Waals surface area (Å²) in [7, 11) is 0. The predicted molar refractivity (Wildman–Crippen MR) is 123 cm³/mol. The highest BCUT2D eigenvalue weighted by Gasteiger charge is 2.13. The van der Waals surface area contributed by atoms with Crippen LogP contribution in [0.4, 0.5) is 9.59 Å². The van der Waals surface area contributed by atoms with Crippen LogP contribution >= 0.6 is 34.9 Å². The van der Waals surface area contributed by atoms with Gasteiger partial charge in [0, 0.05) is 13.1 Å². The van der Waals surface area contributed by atoms with Gasteiger partial charge in [-0.25, -0.2) is 9.59 Å². The Morgan fingerprint density at radius 3 is 1.52 bits per heavy atom. The van der Waals surface area contributed by atoms with Crippen molar-refractivity contribution in [2.45, 2.75) is 49.2 Å². The molecule has 6 amide bonds. The van der Waals surface area contributed by atoms with Crippen molar-refractivity contribution in [3.05, 3.63) is 0 Å². The lowest BCUT2D eigenvalue weighted by Crippen LogP contribution is -2.40. The Bertz CT molecular complexity index is 683. The minimum Gasteiger partial charge on any atom is -0.338 e. The number of urea groups is 2. The molecule has 0 aliphatic heterocycles. The lowest BCUT2D eigenvalue weighted by atomic mass is 10.1. The molecule has 174 valence electrons. The smallest absolute Gasteiger partial charge is 0.321 e. The molecule has 0 aromatic carbocycles. The number of rotatable bonds is 12. The topological polar surface area (TPSA) is 142 Å². The molecule has 31 heavy (non-hydrogen) atoms. The van der Waals surface area contributed by atoms with E-state index in [1.54, 1.807) is 0 Å². The summed E-state index contributed by atoms with van der Waals surface area (Å²) in [5, 5.41) is 17.7. The first-order valence-corrected chi connectivity index (χ1v) is 12.7. The molecule has 0 aliphatic carbocycles. The number of nitrogens with one attached hydrogen (secondary N) is 4. The Kier molecular flexibility index (Phi) is 13.2. The minimum atomic E-state index is -0.515. The highest BCUT2D eigenvalue weighted by molar-refractivity contribution is 8.03. The summed E-state index contributed by atoms with van der Waals surface area (Å²) < 4.78 is 1.09. The fraction of sp³-hybridized carbons (Fsp3) is 0.667. The molecule has 0 fully saturated rings. The molecule has 0 aliphatic rings. The zero-order valence-corrected chi connectivity index (χ0v) is 20.6. The monoisotopic (exact) mass is 490 g/mol. The van der Waals surface area contributed by atoms with Crippen LogP contribution in [-0.2, 0) is 9.59 Å². The average molecular weight is 491 g/mol. The normalized spacial score (nSPS) is 10.8. The fourth-order valence-corrected chi connectivity index (χ4v) is 4.55. The van der Waals surface area contributed by atoms with Crippen molar-refractivity contribution in [3.8, 4) is 0 Å². The number of hydrogen-bond acceptors (Lipinski definition) is 9. The molecule has 1 heterocycles. The van der Waals surface area contributed by atoms with E-state index in [9.17, 15) is 19.2 Å². The van der Waals surface area contributed by atoms with Crippen molar-refractivity contribution in [1.29, 1.82) is 0 Å². The van der Waals surface area contributed by atoms with Gasteiger partial charge in [-0.15, -0.1) is 10.2 Å². The van der Waals surface area contributed by atoms with Gasteiger partial charge in [-0.2, -0.15) is 0 Å². The summed E-state index contributed by atoms with van der Waals surface area (Å²) in [5.74, 6) is 0.114. The maximum absolute atomic E-state index is 11.8. The Hall–Kier alpha value is -1.86. The van der Waals surface area contributed by atoms with Crippen molar-refractivity contribution in [3.63, 3.8) is 0 Å². The van der Waals surface area contributed by atoms with Gasteiger partial charge in [-0.3, -0.25) is 20.2 Å². The first-order chi connectivity index (χ1) is 14.7. The van der Waals surface area contributed by atoms with Crippen molar-refractivity contribution < 1.29 is 19.2 Å². The van der Waals surface area contributed by atoms with Gasteiger partial charge in [0.15, 0.2) is 8.68 Å². The van der Waals surface area contributed by atoms with E-state index >= 15 is 0 Å². The number of hydrogen-bond donors (Lipinski definition) is 4. The third kappa shape index (κ3) is 13.9. The standard InChI is InChI=1S/C18H30N6O4S3/c1-11(2)5-7-19-15(27)21-13(25)9-29-17-23-24-18(31-17)30-10-14(26)22-16(28)20-8-6-12(3)4/h11-12H,5-10H2,1-4H3,(H2,19,21,25,27)(H2,20,22,26,28). The van der Waals surface area contributed by atoms with E-state index in [-0.39, 0.29) is 11.5 Å². The van der Waals surface area contributed by atoms with Crippen LogP contribution in [0.3, 0.4) is 0 Å². The molecular weight excluding hydrogens is 460 g/mol. The van der Waals surface area contributed by atoms with E-state index < -0.39 is 23.9 Å². The number of imide groups is 2. The van der Waals surface area contributed by atoms with E-state index in [2.05, 4.69) is 31.5 Å². The molecule has 13 heteroatoms. The van der Waals surface area contributed by atoms with Gasteiger partial charge in [0.2, 0.25) is 11.8 Å². The first kappa shape index (κ1) is 27.2. The number of thioether (sulfide) groups is 2. The summed E-state index contributed by atoms with van der Waals surface area (Å²) in [5.41, 5.74) is 0. The maximum atomic E-state index is 11.8. The van der Waals surface area contributed by atoms with Crippen LogP contribution in [0.5, 0.6) is 0 Å². The van der Waals surface area contributed by atoms with Crippen LogP contribution in [0.25, 0.3) is 0 Å². The Morgan fingerprint density at radius 2 is 1.16 bits per heavy atom. The van der Waals surface area contributed by atoms with Gasteiger partial charge in [0.05, 0.1) is 11.5 Å². The van der Waals surface area contributed by atoms with E-state index in [1.807, 2.05) is 27.7 Å². The van der Waals surface area contributed by atoms with Gasteiger partial charge >= 0.3 is 12.1 Å². The zero-order chi connectivity index (χ0) is 23.2. The van der Waals surface area contributed by atoms with E-state index in [4.69, 9.17) is 0 Å². The minimum absolute atomic E-state index is 0.0218. The maximum Gasteiger partial charge on any atom is 0.321 e. The van der Waals surface area contributed by atoms with Gasteiger partial charge in [0.25, 0.3) is 0 Å². The lowest BCUT2D eigenvalue weighted by Gasteiger charge is -2.07. The van der Waals surface area contributed by atoms with Crippen LogP contribution in [-0.4, -0.2) is 58.7 Å². The Labute approximate surface area is 194 Å². The Balaban J connectivity index is 2.24. The molecule has 1 rings (SSSR count). The predicted octanol–water partition coefficient (Wildman–Crippen LogP) is 2.47. The number of aromatic nitrogens is 2. The zero-order valence-electron chi connectivity index (χ0n) is 18.1. The van der Waals surface area contributed by atoms with E-state index in [1.165, 1.54) is 11.3 Å². The molecule has 0 spiro atoms. The van der Waals surface area contributed by atoms with Crippen LogP contribution in [0.2, 0.25) is 0 Å². The average Bonchev–Trinajstić information content (AvgIpc) is 3.12. The third-order valence-corrected chi connectivity index (χ3v) is 6.75. The number of carbonyl (C=O) groups excluding carboxylic acids is 4. The van der Waals surface area contributed by atoms with E-state index in [0.29, 0.717) is 33.6 Å². The highest BCUT2D eigenvalue weighted by atomic mass is 32.2. The second kappa shape index (κ2) is 15.0. The molecule has 0 bridgehead atoms. The van der Waals surface area contributed by atoms with Crippen molar-refractivity contribution in [1.82, 2.24) is 31.5 Å². The summed E-state index contributed by atoms with van der Waals surface area (Å²) in [6.07, 6.45) is 1.67. The van der Waals surface area contributed by atoms with Crippen molar-refractivity contribution >= 4 is 58.7 Å². The molecule has 10 nitrogen and oxygen atoms in total. The largest absolute Gasteiger partial charge is 0.338 e. The SMILES string of the molecule is CC(C)CCNC(=O)NC(=O)CSc1nnc(SCC(=O)NC(=O)NCCC(C)C)s1. The molecular formula is C18H30N6O4S3. The summed E-state index contributed by atoms with van der Waals surface area (Å²) in [4.78, 5) is 46.9. The lowest BCUT2D eigenvalue weighted by molar-refractivity contribution is -0.118. The van der Waals surface area contributed by atoms with Crippen molar-refractivity contribution in [2.24, 2.45) is 11.8 Å². The second-order valence-electron chi connectivity index (χ2n) is 7.38. The molecule has 4 N–H and O–H groups in total. The van der Waals surface area contributed by atoms with Crippen LogP contribution in [0, 0.1) is 11.8 Å². The molecule has 0 saturated heterocycles. The molecule has 0 saturated carbocycles. The third-order valence-electron chi connectivity index (χ3n) is 3.56. The number of amides is 6. The van der Waals surface area contributed by atoms with Crippen LogP contribution < -0.4 is 21.3 Å². The summed E-state index contributed by atoms with van der Waals surface area (Å²) >= 11 is 3.53. The quantitative estimate of drug-likeness (QED) is 0.327. The molecule has 0 radical (unpaired) electrons. The van der Waals surface area contributed by atoms with Gasteiger partial charge in [-0.05, 0) is 24.7 Å². The second-order valence-corrected chi connectivity index (χ2v) is 10.8. The van der Waals surface area contributed by atoms with Gasteiger partial charge in [0.1, 0.15) is 0 Å². The van der Waals surface area contributed by atoms with Gasteiger partial charge in [-0.1, -0.05) is 62.6 Å². The number of carbonyl (C=O) groups is 4. The number of nitrogens with zero attached hydrogens (tertiary/aromatic N) is 2. The van der Waals surface area contributed by atoms with Crippen LogP contribution in [0.15, 0.2) is 8.68 Å². The molecule has 0 atom stereocenters. The van der Waals surface area contributed by atoms with Crippen LogP contribution in [0.1, 0.15) is 40.5 Å². The first-order valence-electron chi connectivity index (χ1n) is 9.90. The summed E-state index contributed by atoms with van der Waals surface area (Å²) in [6.45, 7) is 9.21. The molecule has 1 aromatic rings. The fourth-order valence-electron chi connectivity index (χ4n) is 1.93. The molecule has 1 aromatic heterocycles. The summed E-state index contributed by atoms with van der Waals surface area (Å²) in [6, 6.07) is -1.03. The molecule has 0 unspecified atom stereocenters. The van der Waals surface area contributed by atoms with Gasteiger partial charge < -0.3 is 10.6 Å². The van der Waals surface area contributed by atoms with E-state index in [0.717, 1.165) is 36.4 Å². The highest BCUT2D eigenvalue weighted by Crippen LogP contribution is 2.28. The van der Waals surface area contributed by atoms with Crippen molar-refractivity contribution in [2.75, 3.05) is 24.6 Å².